The third kappa shape index (κ3) is 2.49. The highest BCUT2D eigenvalue weighted by Crippen LogP contribution is 2.42. The first-order chi connectivity index (χ1) is 8.14. The van der Waals surface area contributed by atoms with Crippen molar-refractivity contribution in [1.29, 1.82) is 0 Å². The minimum Gasteiger partial charge on any atom is -0.300 e. The van der Waals surface area contributed by atoms with Crippen LogP contribution in [0.2, 0.25) is 0 Å². The summed E-state index contributed by atoms with van der Waals surface area (Å²) in [6.45, 7) is 2.39. The molecule has 0 atom stereocenters. The van der Waals surface area contributed by atoms with Gasteiger partial charge < -0.3 is 0 Å². The Morgan fingerprint density at radius 2 is 1.41 bits per heavy atom. The highest BCUT2D eigenvalue weighted by Gasteiger charge is 2.42. The van der Waals surface area contributed by atoms with Crippen molar-refractivity contribution in [2.75, 3.05) is 13.1 Å². The first-order valence-corrected chi connectivity index (χ1v) is 7.26. The summed E-state index contributed by atoms with van der Waals surface area (Å²) in [7, 11) is 0. The number of hydrogen-bond donors (Lipinski definition) is 0. The first kappa shape index (κ1) is 11.9. The molecule has 3 fully saturated rings. The van der Waals surface area contributed by atoms with E-state index in [1.54, 1.807) is 0 Å². The van der Waals surface area contributed by atoms with Gasteiger partial charge in [0.15, 0.2) is 0 Å². The summed E-state index contributed by atoms with van der Waals surface area (Å²) in [6.07, 6.45) is 7.31. The summed E-state index contributed by atoms with van der Waals surface area (Å²) in [4.78, 5) is 2.60. The maximum Gasteiger partial charge on any atom is 0.248 e. The van der Waals surface area contributed by atoms with Crippen LogP contribution in [0.5, 0.6) is 0 Å². The topological polar surface area (TPSA) is 3.24 Å². The Bertz CT molecular complexity index is 257. The van der Waals surface area contributed by atoms with E-state index in [9.17, 15) is 8.78 Å². The van der Waals surface area contributed by atoms with E-state index < -0.39 is 5.92 Å². The van der Waals surface area contributed by atoms with E-state index in [1.165, 1.54) is 38.8 Å². The molecule has 1 nitrogen and oxygen atoms in total. The van der Waals surface area contributed by atoms with Gasteiger partial charge in [-0.3, -0.25) is 4.90 Å². The van der Waals surface area contributed by atoms with E-state index in [1.807, 2.05) is 0 Å². The molecule has 0 unspecified atom stereocenters. The Morgan fingerprint density at radius 1 is 0.824 bits per heavy atom. The Kier molecular flexibility index (Phi) is 3.14. The molecule has 98 valence electrons. The van der Waals surface area contributed by atoms with E-state index in [0.29, 0.717) is 5.92 Å². The molecule has 2 aliphatic carbocycles. The number of halogens is 2. The first-order valence-electron chi connectivity index (χ1n) is 7.26. The summed E-state index contributed by atoms with van der Waals surface area (Å²) in [5.41, 5.74) is 0. The van der Waals surface area contributed by atoms with E-state index in [-0.39, 0.29) is 12.8 Å². The van der Waals surface area contributed by atoms with E-state index in [0.717, 1.165) is 24.8 Å². The van der Waals surface area contributed by atoms with E-state index >= 15 is 0 Å². The smallest absolute Gasteiger partial charge is 0.248 e. The van der Waals surface area contributed by atoms with Gasteiger partial charge in [-0.15, -0.1) is 0 Å². The van der Waals surface area contributed by atoms with Crippen LogP contribution in [0.15, 0.2) is 0 Å². The number of hydrogen-bond acceptors (Lipinski definition) is 1. The molecular formula is C14H23F2N. The molecule has 0 aromatic carbocycles. The second-order valence-electron chi connectivity index (χ2n) is 6.35. The minimum atomic E-state index is -2.36. The third-order valence-corrected chi connectivity index (χ3v) is 5.21. The molecular weight excluding hydrogens is 220 g/mol. The quantitative estimate of drug-likeness (QED) is 0.715. The Balaban J connectivity index is 1.43. The van der Waals surface area contributed by atoms with Crippen LogP contribution >= 0.6 is 0 Å². The zero-order valence-corrected chi connectivity index (χ0v) is 10.5. The molecule has 1 heterocycles. The monoisotopic (exact) mass is 243 g/mol. The second kappa shape index (κ2) is 4.49. The maximum absolute atomic E-state index is 13.1. The zero-order chi connectivity index (χ0) is 11.9. The number of likely N-dealkylation sites (tertiary alicyclic amines) is 1. The summed E-state index contributed by atoms with van der Waals surface area (Å²) in [6, 6.07) is 0.830. The van der Waals surface area contributed by atoms with Crippen molar-refractivity contribution in [2.45, 2.75) is 63.3 Å². The lowest BCUT2D eigenvalue weighted by atomic mass is 9.75. The molecule has 1 saturated heterocycles. The zero-order valence-electron chi connectivity index (χ0n) is 10.5. The van der Waals surface area contributed by atoms with Crippen LogP contribution < -0.4 is 0 Å². The van der Waals surface area contributed by atoms with Crippen LogP contribution in [-0.4, -0.2) is 30.0 Å². The molecule has 0 aromatic heterocycles. The second-order valence-corrected chi connectivity index (χ2v) is 6.35. The van der Waals surface area contributed by atoms with Crippen LogP contribution in [-0.2, 0) is 0 Å². The van der Waals surface area contributed by atoms with Gasteiger partial charge in [0.2, 0.25) is 5.92 Å². The van der Waals surface area contributed by atoms with Crippen LogP contribution in [0.3, 0.4) is 0 Å². The van der Waals surface area contributed by atoms with Gasteiger partial charge >= 0.3 is 0 Å². The van der Waals surface area contributed by atoms with Gasteiger partial charge in [-0.2, -0.15) is 0 Å². The largest absolute Gasteiger partial charge is 0.300 e. The molecule has 3 aliphatic rings. The normalized spacial score (nSPS) is 32.8. The van der Waals surface area contributed by atoms with Crippen molar-refractivity contribution >= 4 is 0 Å². The van der Waals surface area contributed by atoms with Crippen molar-refractivity contribution < 1.29 is 8.78 Å². The van der Waals surface area contributed by atoms with Gasteiger partial charge in [-0.25, -0.2) is 8.78 Å². The average molecular weight is 243 g/mol. The highest BCUT2D eigenvalue weighted by atomic mass is 19.3. The van der Waals surface area contributed by atoms with Crippen molar-refractivity contribution in [1.82, 2.24) is 4.90 Å². The molecule has 0 N–H and O–H groups in total. The number of nitrogens with zero attached hydrogens (tertiary/aromatic N) is 1. The van der Waals surface area contributed by atoms with Crippen molar-refractivity contribution in [2.24, 2.45) is 11.8 Å². The number of rotatable bonds is 2. The van der Waals surface area contributed by atoms with Crippen molar-refractivity contribution in [3.05, 3.63) is 0 Å². The Hall–Kier alpha value is -0.180. The predicted octanol–water partition coefficient (Wildman–Crippen LogP) is 3.69. The van der Waals surface area contributed by atoms with Gasteiger partial charge in [-0.05, 0) is 37.5 Å². The lowest BCUT2D eigenvalue weighted by Gasteiger charge is -2.48. The van der Waals surface area contributed by atoms with Crippen molar-refractivity contribution in [3.8, 4) is 0 Å². The highest BCUT2D eigenvalue weighted by molar-refractivity contribution is 4.93. The summed E-state index contributed by atoms with van der Waals surface area (Å²) >= 11 is 0. The van der Waals surface area contributed by atoms with E-state index in [4.69, 9.17) is 0 Å². The Morgan fingerprint density at radius 3 is 2.00 bits per heavy atom. The summed E-state index contributed by atoms with van der Waals surface area (Å²) < 4.78 is 26.2. The molecule has 2 saturated carbocycles. The molecule has 17 heavy (non-hydrogen) atoms. The van der Waals surface area contributed by atoms with Crippen LogP contribution in [0.1, 0.15) is 51.4 Å². The Labute approximate surface area is 103 Å². The molecule has 0 radical (unpaired) electrons. The van der Waals surface area contributed by atoms with Gasteiger partial charge in [0.25, 0.3) is 0 Å². The molecule has 0 amide bonds. The average Bonchev–Trinajstić information content (AvgIpc) is 2.71. The summed E-state index contributed by atoms with van der Waals surface area (Å²) in [5.74, 6) is -1.04. The lowest BCUT2D eigenvalue weighted by molar-refractivity contribution is -0.0705. The fraction of sp³-hybridized carbons (Fsp3) is 1.00. The van der Waals surface area contributed by atoms with Gasteiger partial charge in [0, 0.05) is 32.0 Å². The standard InChI is InChI=1S/C14H23F2N/c15-14(16)7-5-11(6-8-14)12-9-17(10-12)13-3-1-2-4-13/h11-13H,1-10H2. The fourth-order valence-electron chi connectivity index (χ4n) is 3.95. The number of alkyl halides is 2. The summed E-state index contributed by atoms with van der Waals surface area (Å²) in [5, 5.41) is 0. The molecule has 0 aromatic rings. The van der Waals surface area contributed by atoms with Gasteiger partial charge in [0.05, 0.1) is 0 Å². The van der Waals surface area contributed by atoms with Gasteiger partial charge in [-0.1, -0.05) is 12.8 Å². The SMILES string of the molecule is FC1(F)CCC(C2CN(C3CCCC3)C2)CC1. The lowest BCUT2D eigenvalue weighted by Crippen LogP contribution is -2.54. The third-order valence-electron chi connectivity index (χ3n) is 5.21. The molecule has 3 heteroatoms. The van der Waals surface area contributed by atoms with Crippen LogP contribution in [0.25, 0.3) is 0 Å². The molecule has 0 bridgehead atoms. The molecule has 0 spiro atoms. The fourth-order valence-corrected chi connectivity index (χ4v) is 3.95. The van der Waals surface area contributed by atoms with Crippen molar-refractivity contribution in [3.63, 3.8) is 0 Å². The van der Waals surface area contributed by atoms with E-state index in [2.05, 4.69) is 4.90 Å². The van der Waals surface area contributed by atoms with Crippen LogP contribution in [0.4, 0.5) is 8.78 Å². The minimum absolute atomic E-state index is 0.137. The van der Waals surface area contributed by atoms with Crippen LogP contribution in [0, 0.1) is 11.8 Å². The maximum atomic E-state index is 13.1. The molecule has 3 rings (SSSR count). The predicted molar refractivity (Wildman–Crippen MR) is 64.2 cm³/mol. The van der Waals surface area contributed by atoms with Gasteiger partial charge in [0.1, 0.15) is 0 Å². The molecule has 1 aliphatic heterocycles.